The summed E-state index contributed by atoms with van der Waals surface area (Å²) in [6.07, 6.45) is 2.74. The molecule has 1 atom stereocenters. The number of hydrogen-bond donors (Lipinski definition) is 1. The number of esters is 1. The van der Waals surface area contributed by atoms with Crippen LogP contribution in [0.4, 0.5) is 0 Å². The Kier molecular flexibility index (Phi) is 4.54. The van der Waals surface area contributed by atoms with E-state index in [9.17, 15) is 4.79 Å². The maximum absolute atomic E-state index is 11.9. The van der Waals surface area contributed by atoms with Gasteiger partial charge in [0.15, 0.2) is 0 Å². The number of rotatable bonds is 3. The highest BCUT2D eigenvalue weighted by atomic mass is 16.5. The lowest BCUT2D eigenvalue weighted by molar-refractivity contribution is -0.151. The molecule has 1 unspecified atom stereocenters. The van der Waals surface area contributed by atoms with E-state index in [-0.39, 0.29) is 5.97 Å². The number of ether oxygens (including phenoxy) is 1. The zero-order valence-corrected chi connectivity index (χ0v) is 10.0. The van der Waals surface area contributed by atoms with Crippen LogP contribution in [0.25, 0.3) is 0 Å². The van der Waals surface area contributed by atoms with E-state index in [0.29, 0.717) is 6.61 Å². The Morgan fingerprint density at radius 2 is 2.20 bits per heavy atom. The van der Waals surface area contributed by atoms with Crippen molar-refractivity contribution in [1.29, 1.82) is 0 Å². The van der Waals surface area contributed by atoms with Gasteiger partial charge in [-0.15, -0.1) is 0 Å². The smallest absolute Gasteiger partial charge is 0.326 e. The first-order valence-corrected chi connectivity index (χ1v) is 5.69. The highest BCUT2D eigenvalue weighted by Gasteiger charge is 2.39. The number of nitrogens with zero attached hydrogens (tertiary/aromatic N) is 1. The number of nitrogens with one attached hydrogen (secondary N) is 1. The van der Waals surface area contributed by atoms with Crippen molar-refractivity contribution in [2.45, 2.75) is 31.7 Å². The second-order valence-corrected chi connectivity index (χ2v) is 4.21. The highest BCUT2D eigenvalue weighted by Crippen LogP contribution is 2.23. The molecule has 0 bridgehead atoms. The molecule has 15 heavy (non-hydrogen) atoms. The van der Waals surface area contributed by atoms with Gasteiger partial charge < -0.3 is 15.0 Å². The third-order valence-corrected chi connectivity index (χ3v) is 3.21. The quantitative estimate of drug-likeness (QED) is 0.699. The van der Waals surface area contributed by atoms with Crippen LogP contribution in [0.1, 0.15) is 26.2 Å². The monoisotopic (exact) mass is 214 g/mol. The molecule has 1 saturated heterocycles. The van der Waals surface area contributed by atoms with Gasteiger partial charge >= 0.3 is 5.97 Å². The van der Waals surface area contributed by atoms with E-state index < -0.39 is 5.54 Å². The van der Waals surface area contributed by atoms with Gasteiger partial charge in [-0.25, -0.2) is 0 Å². The van der Waals surface area contributed by atoms with Crippen LogP contribution >= 0.6 is 0 Å². The fraction of sp³-hybridized carbons (Fsp3) is 0.909. The molecular weight excluding hydrogens is 192 g/mol. The van der Waals surface area contributed by atoms with E-state index >= 15 is 0 Å². The van der Waals surface area contributed by atoms with E-state index in [0.717, 1.165) is 32.4 Å². The van der Waals surface area contributed by atoms with Crippen LogP contribution in [0.5, 0.6) is 0 Å². The molecule has 0 aromatic heterocycles. The van der Waals surface area contributed by atoms with Crippen molar-refractivity contribution in [2.24, 2.45) is 0 Å². The molecule has 0 aromatic carbocycles. The van der Waals surface area contributed by atoms with Gasteiger partial charge in [-0.2, -0.15) is 0 Å². The summed E-state index contributed by atoms with van der Waals surface area (Å²) < 4.78 is 5.15. The lowest BCUT2D eigenvalue weighted by Crippen LogP contribution is -2.51. The summed E-state index contributed by atoms with van der Waals surface area (Å²) in [6, 6.07) is 0. The summed E-state index contributed by atoms with van der Waals surface area (Å²) in [5.74, 6) is -0.0946. The Hall–Kier alpha value is -0.610. The number of carbonyl (C=O) groups excluding carboxylic acids is 1. The molecular formula is C11H22N2O2. The molecule has 1 fully saturated rings. The standard InChI is InChI=1S/C11H22N2O2/c1-4-15-10(14)11(12-2)6-5-8-13(3)9-7-11/h12H,4-9H2,1-3H3. The van der Waals surface area contributed by atoms with Crippen molar-refractivity contribution in [2.75, 3.05) is 33.8 Å². The minimum absolute atomic E-state index is 0.0946. The Labute approximate surface area is 92.0 Å². The normalized spacial score (nSPS) is 28.5. The summed E-state index contributed by atoms with van der Waals surface area (Å²) in [5, 5.41) is 3.16. The first-order valence-electron chi connectivity index (χ1n) is 5.69. The van der Waals surface area contributed by atoms with E-state index in [1.165, 1.54) is 0 Å². The first-order chi connectivity index (χ1) is 7.14. The molecule has 0 saturated carbocycles. The average molecular weight is 214 g/mol. The number of hydrogen-bond acceptors (Lipinski definition) is 4. The molecule has 0 amide bonds. The molecule has 1 aliphatic rings. The molecule has 0 aromatic rings. The Bertz CT molecular complexity index is 221. The van der Waals surface area contributed by atoms with Gasteiger partial charge in [0.05, 0.1) is 6.61 Å². The van der Waals surface area contributed by atoms with Gasteiger partial charge in [-0.05, 0) is 46.8 Å². The molecule has 4 heteroatoms. The minimum atomic E-state index is -0.458. The zero-order chi connectivity index (χ0) is 11.3. The zero-order valence-electron chi connectivity index (χ0n) is 10.0. The first kappa shape index (κ1) is 12.5. The largest absolute Gasteiger partial charge is 0.465 e. The molecule has 1 aliphatic heterocycles. The van der Waals surface area contributed by atoms with E-state index in [4.69, 9.17) is 4.74 Å². The number of likely N-dealkylation sites (N-methyl/N-ethyl adjacent to an activating group) is 1. The SMILES string of the molecule is CCOC(=O)C1(NC)CCCN(C)CC1. The van der Waals surface area contributed by atoms with Crippen molar-refractivity contribution in [3.8, 4) is 0 Å². The topological polar surface area (TPSA) is 41.6 Å². The van der Waals surface area contributed by atoms with Gasteiger partial charge in [0.25, 0.3) is 0 Å². The van der Waals surface area contributed by atoms with E-state index in [2.05, 4.69) is 17.3 Å². The second-order valence-electron chi connectivity index (χ2n) is 4.21. The van der Waals surface area contributed by atoms with Crippen LogP contribution in [-0.2, 0) is 9.53 Å². The average Bonchev–Trinajstić information content (AvgIpc) is 2.41. The third-order valence-electron chi connectivity index (χ3n) is 3.21. The predicted octanol–water partition coefficient (Wildman–Crippen LogP) is 0.623. The van der Waals surface area contributed by atoms with Gasteiger partial charge in [0, 0.05) is 6.54 Å². The van der Waals surface area contributed by atoms with Crippen LogP contribution in [0.2, 0.25) is 0 Å². The van der Waals surface area contributed by atoms with Crippen LogP contribution in [-0.4, -0.2) is 50.2 Å². The van der Waals surface area contributed by atoms with Gasteiger partial charge in [0.1, 0.15) is 5.54 Å². The lowest BCUT2D eigenvalue weighted by Gasteiger charge is -2.29. The second kappa shape index (κ2) is 5.47. The summed E-state index contributed by atoms with van der Waals surface area (Å²) in [5.41, 5.74) is -0.458. The molecule has 0 spiro atoms. The van der Waals surface area contributed by atoms with Crippen LogP contribution in [0.15, 0.2) is 0 Å². The molecule has 1 N–H and O–H groups in total. The maximum Gasteiger partial charge on any atom is 0.326 e. The minimum Gasteiger partial charge on any atom is -0.465 e. The Balaban J connectivity index is 2.69. The van der Waals surface area contributed by atoms with Gasteiger partial charge in [0.2, 0.25) is 0 Å². The van der Waals surface area contributed by atoms with E-state index in [1.807, 2.05) is 14.0 Å². The molecule has 0 aliphatic carbocycles. The molecule has 1 rings (SSSR count). The molecule has 1 heterocycles. The molecule has 4 nitrogen and oxygen atoms in total. The fourth-order valence-corrected chi connectivity index (χ4v) is 2.09. The van der Waals surface area contributed by atoms with Gasteiger partial charge in [-0.1, -0.05) is 0 Å². The Morgan fingerprint density at radius 3 is 2.80 bits per heavy atom. The van der Waals surface area contributed by atoms with Crippen LogP contribution in [0, 0.1) is 0 Å². The molecule has 0 radical (unpaired) electrons. The van der Waals surface area contributed by atoms with E-state index in [1.54, 1.807) is 0 Å². The fourth-order valence-electron chi connectivity index (χ4n) is 2.09. The van der Waals surface area contributed by atoms with Crippen molar-refractivity contribution in [3.63, 3.8) is 0 Å². The van der Waals surface area contributed by atoms with Gasteiger partial charge in [-0.3, -0.25) is 4.79 Å². The summed E-state index contributed by atoms with van der Waals surface area (Å²) >= 11 is 0. The maximum atomic E-state index is 11.9. The van der Waals surface area contributed by atoms with Crippen molar-refractivity contribution in [1.82, 2.24) is 10.2 Å². The Morgan fingerprint density at radius 1 is 1.47 bits per heavy atom. The van der Waals surface area contributed by atoms with Crippen LogP contribution < -0.4 is 5.32 Å². The van der Waals surface area contributed by atoms with Crippen LogP contribution in [0.3, 0.4) is 0 Å². The third kappa shape index (κ3) is 2.92. The molecule has 88 valence electrons. The van der Waals surface area contributed by atoms with Crippen molar-refractivity contribution < 1.29 is 9.53 Å². The van der Waals surface area contributed by atoms with Crippen molar-refractivity contribution >= 4 is 5.97 Å². The highest BCUT2D eigenvalue weighted by molar-refractivity contribution is 5.80. The number of carbonyl (C=O) groups is 1. The lowest BCUT2D eigenvalue weighted by atomic mass is 9.91. The summed E-state index contributed by atoms with van der Waals surface area (Å²) in [7, 11) is 3.94. The summed E-state index contributed by atoms with van der Waals surface area (Å²) in [4.78, 5) is 14.2. The summed E-state index contributed by atoms with van der Waals surface area (Å²) in [6.45, 7) is 4.31. The van der Waals surface area contributed by atoms with Crippen molar-refractivity contribution in [3.05, 3.63) is 0 Å². The predicted molar refractivity (Wildman–Crippen MR) is 59.8 cm³/mol. The number of likely N-dealkylation sites (tertiary alicyclic amines) is 1.